The molecule has 156 valence electrons. The second-order valence-electron chi connectivity index (χ2n) is 6.92. The molecule has 0 aromatic heterocycles. The summed E-state index contributed by atoms with van der Waals surface area (Å²) in [6.07, 6.45) is 4.41. The number of hydrogen-bond donors (Lipinski definition) is 2. The van der Waals surface area contributed by atoms with Gasteiger partial charge in [0, 0.05) is 10.6 Å². The minimum Gasteiger partial charge on any atom is -0.496 e. The minimum atomic E-state index is -0.960. The highest BCUT2D eigenvalue weighted by molar-refractivity contribution is 8.00. The Labute approximate surface area is 179 Å². The first kappa shape index (κ1) is 21.6. The number of para-hydroxylation sites is 1. The summed E-state index contributed by atoms with van der Waals surface area (Å²) in [5, 5.41) is 12.2. The summed E-state index contributed by atoms with van der Waals surface area (Å²) in [4.78, 5) is 37.4. The fourth-order valence-electron chi connectivity index (χ4n) is 3.38. The van der Waals surface area contributed by atoms with Crippen molar-refractivity contribution in [1.29, 1.82) is 0 Å². The van der Waals surface area contributed by atoms with Crippen molar-refractivity contribution in [3.8, 4) is 5.75 Å². The van der Waals surface area contributed by atoms with Gasteiger partial charge in [0.25, 0.3) is 0 Å². The van der Waals surface area contributed by atoms with Crippen LogP contribution in [0.5, 0.6) is 5.75 Å². The molecule has 1 amide bonds. The average molecular weight is 426 g/mol. The number of anilines is 1. The molecule has 0 saturated carbocycles. The summed E-state index contributed by atoms with van der Waals surface area (Å²) in [6.45, 7) is 0. The number of thioether (sulfide) groups is 1. The number of amides is 1. The number of aliphatic carboxylic acids is 1. The Morgan fingerprint density at radius 3 is 2.53 bits per heavy atom. The molecule has 0 spiro atoms. The molecule has 1 aliphatic rings. The summed E-state index contributed by atoms with van der Waals surface area (Å²) in [7, 11) is 1.53. The molecular weight excluding hydrogens is 402 g/mol. The third kappa shape index (κ3) is 5.30. The fraction of sp³-hybridized carbons (Fsp3) is 0.261. The number of hydrogen-bond acceptors (Lipinski definition) is 5. The average Bonchev–Trinajstić information content (AvgIpc) is 2.77. The third-order valence-electron chi connectivity index (χ3n) is 4.97. The van der Waals surface area contributed by atoms with Crippen molar-refractivity contribution in [2.75, 3.05) is 18.2 Å². The summed E-state index contributed by atoms with van der Waals surface area (Å²) in [5.74, 6) is -1.87. The van der Waals surface area contributed by atoms with Crippen molar-refractivity contribution in [2.24, 2.45) is 11.8 Å². The number of carboxylic acid groups (broad SMARTS) is 1. The number of ether oxygens (including phenoxy) is 1. The highest BCUT2D eigenvalue weighted by atomic mass is 32.2. The molecule has 0 saturated heterocycles. The van der Waals surface area contributed by atoms with Crippen LogP contribution in [0.4, 0.5) is 5.69 Å². The third-order valence-corrected chi connectivity index (χ3v) is 5.96. The topological polar surface area (TPSA) is 92.7 Å². The van der Waals surface area contributed by atoms with E-state index in [2.05, 4.69) is 5.32 Å². The lowest BCUT2D eigenvalue weighted by atomic mass is 9.82. The Morgan fingerprint density at radius 2 is 1.80 bits per heavy atom. The van der Waals surface area contributed by atoms with E-state index in [0.717, 1.165) is 4.90 Å². The first-order valence-corrected chi connectivity index (χ1v) is 10.6. The van der Waals surface area contributed by atoms with Gasteiger partial charge in [-0.2, -0.15) is 0 Å². The van der Waals surface area contributed by atoms with E-state index in [0.29, 0.717) is 29.8 Å². The molecule has 0 bridgehead atoms. The first-order valence-electron chi connectivity index (χ1n) is 9.57. The number of allylic oxidation sites excluding steroid dienone is 2. The van der Waals surface area contributed by atoms with Crippen molar-refractivity contribution in [3.05, 3.63) is 66.2 Å². The van der Waals surface area contributed by atoms with Crippen molar-refractivity contribution in [2.45, 2.75) is 17.7 Å². The van der Waals surface area contributed by atoms with Crippen LogP contribution in [0.1, 0.15) is 23.2 Å². The Kier molecular flexibility index (Phi) is 7.30. The molecule has 7 heteroatoms. The van der Waals surface area contributed by atoms with E-state index in [1.165, 1.54) is 18.9 Å². The standard InChI is InChI=1S/C23H23NO5S/c1-29-21-12-5-4-11-19(21)20(25)14-30-16-8-6-7-15(13-16)24-22(26)17-9-2-3-10-18(17)23(27)28/h2-8,11-13,17-18H,9-10,14H2,1H3,(H,24,26)(H,27,28). The van der Waals surface area contributed by atoms with Crippen LogP contribution >= 0.6 is 11.8 Å². The van der Waals surface area contributed by atoms with Gasteiger partial charge < -0.3 is 15.2 Å². The zero-order valence-electron chi connectivity index (χ0n) is 16.5. The van der Waals surface area contributed by atoms with E-state index >= 15 is 0 Å². The number of carboxylic acids is 1. The van der Waals surface area contributed by atoms with E-state index < -0.39 is 17.8 Å². The zero-order valence-corrected chi connectivity index (χ0v) is 17.4. The Hall–Kier alpha value is -3.06. The molecule has 30 heavy (non-hydrogen) atoms. The quantitative estimate of drug-likeness (QED) is 0.373. The van der Waals surface area contributed by atoms with Gasteiger partial charge in [0.15, 0.2) is 5.78 Å². The molecule has 0 fully saturated rings. The van der Waals surface area contributed by atoms with Crippen LogP contribution in [0.15, 0.2) is 65.6 Å². The van der Waals surface area contributed by atoms with Gasteiger partial charge in [0.1, 0.15) is 5.75 Å². The maximum atomic E-state index is 12.6. The lowest BCUT2D eigenvalue weighted by Gasteiger charge is -2.24. The summed E-state index contributed by atoms with van der Waals surface area (Å²) < 4.78 is 5.24. The minimum absolute atomic E-state index is 0.0508. The molecule has 1 aliphatic carbocycles. The number of rotatable bonds is 8. The number of Topliss-reactive ketones (excluding diaryl/α,β-unsaturated/α-hetero) is 1. The van der Waals surface area contributed by atoms with Gasteiger partial charge in [-0.05, 0) is 43.2 Å². The summed E-state index contributed by atoms with van der Waals surface area (Å²) >= 11 is 1.36. The lowest BCUT2D eigenvalue weighted by Crippen LogP contribution is -2.34. The number of methoxy groups -OCH3 is 1. The van der Waals surface area contributed by atoms with Crippen LogP contribution in [0.2, 0.25) is 0 Å². The van der Waals surface area contributed by atoms with Gasteiger partial charge in [-0.3, -0.25) is 14.4 Å². The van der Waals surface area contributed by atoms with Crippen LogP contribution in [-0.2, 0) is 9.59 Å². The lowest BCUT2D eigenvalue weighted by molar-refractivity contribution is -0.146. The van der Waals surface area contributed by atoms with Crippen LogP contribution in [0.3, 0.4) is 0 Å². The predicted molar refractivity (Wildman–Crippen MR) is 116 cm³/mol. The fourth-order valence-corrected chi connectivity index (χ4v) is 4.22. The maximum Gasteiger partial charge on any atom is 0.307 e. The largest absolute Gasteiger partial charge is 0.496 e. The molecule has 0 aliphatic heterocycles. The van der Waals surface area contributed by atoms with Gasteiger partial charge in [-0.15, -0.1) is 11.8 Å². The van der Waals surface area contributed by atoms with E-state index in [1.807, 2.05) is 18.2 Å². The Balaban J connectivity index is 1.63. The van der Waals surface area contributed by atoms with Crippen molar-refractivity contribution >= 4 is 35.1 Å². The van der Waals surface area contributed by atoms with Crippen LogP contribution in [0, 0.1) is 11.8 Å². The van der Waals surface area contributed by atoms with E-state index in [-0.39, 0.29) is 17.4 Å². The smallest absolute Gasteiger partial charge is 0.307 e. The Morgan fingerprint density at radius 1 is 1.07 bits per heavy atom. The number of carbonyl (C=O) groups excluding carboxylic acids is 2. The van der Waals surface area contributed by atoms with Crippen molar-refractivity contribution in [3.63, 3.8) is 0 Å². The monoisotopic (exact) mass is 425 g/mol. The molecule has 6 nitrogen and oxygen atoms in total. The van der Waals surface area contributed by atoms with Crippen LogP contribution < -0.4 is 10.1 Å². The highest BCUT2D eigenvalue weighted by Gasteiger charge is 2.33. The maximum absolute atomic E-state index is 12.6. The zero-order chi connectivity index (χ0) is 21.5. The molecule has 2 atom stereocenters. The van der Waals surface area contributed by atoms with E-state index in [9.17, 15) is 19.5 Å². The second-order valence-corrected chi connectivity index (χ2v) is 7.97. The Bertz CT molecular complexity index is 972. The SMILES string of the molecule is COc1ccccc1C(=O)CSc1cccc(NC(=O)C2CC=CCC2C(=O)O)c1. The van der Waals surface area contributed by atoms with Gasteiger partial charge >= 0.3 is 5.97 Å². The molecular formula is C23H23NO5S. The number of carbonyl (C=O) groups is 3. The highest BCUT2D eigenvalue weighted by Crippen LogP contribution is 2.29. The van der Waals surface area contributed by atoms with Gasteiger partial charge in [-0.1, -0.05) is 30.4 Å². The normalized spacial score (nSPS) is 17.9. The van der Waals surface area contributed by atoms with E-state index in [4.69, 9.17) is 4.74 Å². The summed E-state index contributed by atoms with van der Waals surface area (Å²) in [5.41, 5.74) is 1.11. The first-order chi connectivity index (χ1) is 14.5. The van der Waals surface area contributed by atoms with Crippen LogP contribution in [-0.4, -0.2) is 35.6 Å². The number of nitrogens with one attached hydrogen (secondary N) is 1. The molecule has 2 aromatic carbocycles. The molecule has 2 N–H and O–H groups in total. The van der Waals surface area contributed by atoms with Crippen molar-refractivity contribution < 1.29 is 24.2 Å². The molecule has 2 unspecified atom stereocenters. The molecule has 2 aromatic rings. The van der Waals surface area contributed by atoms with E-state index in [1.54, 1.807) is 42.5 Å². The predicted octanol–water partition coefficient (Wildman–Crippen LogP) is 4.28. The second kappa shape index (κ2) is 10.1. The van der Waals surface area contributed by atoms with Gasteiger partial charge in [-0.25, -0.2) is 0 Å². The van der Waals surface area contributed by atoms with Crippen LogP contribution in [0.25, 0.3) is 0 Å². The molecule has 3 rings (SSSR count). The molecule has 0 heterocycles. The molecule has 0 radical (unpaired) electrons. The van der Waals surface area contributed by atoms with Gasteiger partial charge in [0.2, 0.25) is 5.91 Å². The number of benzene rings is 2. The van der Waals surface area contributed by atoms with Crippen molar-refractivity contribution in [1.82, 2.24) is 0 Å². The summed E-state index contributed by atoms with van der Waals surface area (Å²) in [6, 6.07) is 14.3. The van der Waals surface area contributed by atoms with Gasteiger partial charge in [0.05, 0.1) is 30.3 Å². The number of ketones is 1.